The Morgan fingerprint density at radius 1 is 1.32 bits per heavy atom. The lowest BCUT2D eigenvalue weighted by Crippen LogP contribution is -1.91. The molecule has 0 N–H and O–H groups in total. The molecule has 0 amide bonds. The van der Waals surface area contributed by atoms with Crippen LogP contribution in [0, 0.1) is 0 Å². The van der Waals surface area contributed by atoms with Crippen molar-refractivity contribution in [2.45, 2.75) is 0 Å². The highest BCUT2D eigenvalue weighted by molar-refractivity contribution is 9.11. The number of aryl methyl sites for hydroxylation is 1. The second-order valence-electron chi connectivity index (χ2n) is 3.91. The standard InChI is InChI=1S/C12H8BrClN4S/c1-18-6-7(5-15-18)8-4-11(14)17-12(16-8)9-2-3-10(13)19-9/h2-6H,1H3. The van der Waals surface area contributed by atoms with Crippen molar-refractivity contribution in [3.05, 3.63) is 39.5 Å². The molecule has 0 fully saturated rings. The first-order valence-corrected chi connectivity index (χ1v) is 7.40. The summed E-state index contributed by atoms with van der Waals surface area (Å²) in [5.74, 6) is 0.627. The highest BCUT2D eigenvalue weighted by Gasteiger charge is 2.10. The predicted octanol–water partition coefficient (Wildman–Crippen LogP) is 4.02. The Hall–Kier alpha value is -1.24. The van der Waals surface area contributed by atoms with E-state index in [-0.39, 0.29) is 0 Å². The van der Waals surface area contributed by atoms with E-state index >= 15 is 0 Å². The van der Waals surface area contributed by atoms with E-state index in [2.05, 4.69) is 31.0 Å². The van der Waals surface area contributed by atoms with E-state index in [4.69, 9.17) is 11.6 Å². The van der Waals surface area contributed by atoms with Gasteiger partial charge in [-0.3, -0.25) is 4.68 Å². The van der Waals surface area contributed by atoms with Gasteiger partial charge in [-0.25, -0.2) is 9.97 Å². The Morgan fingerprint density at radius 3 is 2.79 bits per heavy atom. The maximum Gasteiger partial charge on any atom is 0.171 e. The molecule has 0 unspecified atom stereocenters. The molecule has 4 nitrogen and oxygen atoms in total. The lowest BCUT2D eigenvalue weighted by molar-refractivity contribution is 0.768. The molecule has 3 heterocycles. The SMILES string of the molecule is Cn1cc(-c2cc(Cl)nc(-c3ccc(Br)s3)n2)cn1. The fourth-order valence-electron chi connectivity index (χ4n) is 1.66. The molecule has 7 heteroatoms. The van der Waals surface area contributed by atoms with Crippen molar-refractivity contribution in [1.29, 1.82) is 0 Å². The van der Waals surface area contributed by atoms with E-state index in [9.17, 15) is 0 Å². The zero-order chi connectivity index (χ0) is 13.4. The Morgan fingerprint density at radius 2 is 2.16 bits per heavy atom. The average Bonchev–Trinajstić information content (AvgIpc) is 2.97. The summed E-state index contributed by atoms with van der Waals surface area (Å²) >= 11 is 11.1. The summed E-state index contributed by atoms with van der Waals surface area (Å²) in [6, 6.07) is 5.67. The van der Waals surface area contributed by atoms with E-state index in [1.807, 2.05) is 25.4 Å². The third-order valence-electron chi connectivity index (χ3n) is 2.49. The molecule has 0 saturated heterocycles. The average molecular weight is 356 g/mol. The number of rotatable bonds is 2. The van der Waals surface area contributed by atoms with Crippen LogP contribution in [0.2, 0.25) is 5.15 Å². The normalized spacial score (nSPS) is 10.9. The van der Waals surface area contributed by atoms with Crippen molar-refractivity contribution in [3.63, 3.8) is 0 Å². The zero-order valence-electron chi connectivity index (χ0n) is 9.84. The zero-order valence-corrected chi connectivity index (χ0v) is 13.0. The highest BCUT2D eigenvalue weighted by Crippen LogP contribution is 2.31. The number of hydrogen-bond donors (Lipinski definition) is 0. The van der Waals surface area contributed by atoms with Gasteiger partial charge < -0.3 is 0 Å². The van der Waals surface area contributed by atoms with Crippen LogP contribution < -0.4 is 0 Å². The highest BCUT2D eigenvalue weighted by atomic mass is 79.9. The minimum atomic E-state index is 0.424. The number of hydrogen-bond acceptors (Lipinski definition) is 4. The van der Waals surface area contributed by atoms with Crippen LogP contribution in [0.1, 0.15) is 0 Å². The lowest BCUT2D eigenvalue weighted by atomic mass is 10.2. The molecule has 0 radical (unpaired) electrons. The minimum absolute atomic E-state index is 0.424. The predicted molar refractivity (Wildman–Crippen MR) is 80.3 cm³/mol. The van der Waals surface area contributed by atoms with Crippen LogP contribution in [0.4, 0.5) is 0 Å². The van der Waals surface area contributed by atoms with Gasteiger partial charge in [0.1, 0.15) is 5.15 Å². The van der Waals surface area contributed by atoms with Crippen LogP contribution in [0.15, 0.2) is 34.4 Å². The van der Waals surface area contributed by atoms with Crippen LogP contribution in [0.5, 0.6) is 0 Å². The molecule has 0 aliphatic heterocycles. The van der Waals surface area contributed by atoms with Crippen LogP contribution in [0.25, 0.3) is 22.0 Å². The third kappa shape index (κ3) is 2.70. The van der Waals surface area contributed by atoms with Crippen molar-refractivity contribution in [2.24, 2.45) is 7.05 Å². The summed E-state index contributed by atoms with van der Waals surface area (Å²) in [5, 5.41) is 4.56. The third-order valence-corrected chi connectivity index (χ3v) is 4.30. The molecule has 0 atom stereocenters. The molecular formula is C12H8BrClN4S. The molecule has 0 aliphatic carbocycles. The molecule has 0 bridgehead atoms. The first-order chi connectivity index (χ1) is 9.11. The quantitative estimate of drug-likeness (QED) is 0.652. The van der Waals surface area contributed by atoms with Crippen molar-refractivity contribution in [3.8, 4) is 22.0 Å². The molecule has 0 aliphatic rings. The minimum Gasteiger partial charge on any atom is -0.275 e. The second kappa shape index (κ2) is 5.03. The van der Waals surface area contributed by atoms with Gasteiger partial charge >= 0.3 is 0 Å². The van der Waals surface area contributed by atoms with Crippen molar-refractivity contribution >= 4 is 38.9 Å². The Labute approximate surface area is 127 Å². The van der Waals surface area contributed by atoms with Crippen LogP contribution in [-0.2, 0) is 7.05 Å². The molecule has 0 saturated carbocycles. The second-order valence-corrected chi connectivity index (χ2v) is 6.76. The molecule has 19 heavy (non-hydrogen) atoms. The summed E-state index contributed by atoms with van der Waals surface area (Å²) in [6.45, 7) is 0. The lowest BCUT2D eigenvalue weighted by Gasteiger charge is -2.01. The molecule has 3 aromatic heterocycles. The molecule has 3 aromatic rings. The van der Waals surface area contributed by atoms with Gasteiger partial charge in [-0.2, -0.15) is 5.10 Å². The largest absolute Gasteiger partial charge is 0.275 e. The summed E-state index contributed by atoms with van der Waals surface area (Å²) < 4.78 is 2.77. The first-order valence-electron chi connectivity index (χ1n) is 5.41. The molecule has 0 spiro atoms. The number of nitrogens with zero attached hydrogens (tertiary/aromatic N) is 4. The Kier molecular flexibility index (Phi) is 3.38. The smallest absolute Gasteiger partial charge is 0.171 e. The topological polar surface area (TPSA) is 43.6 Å². The van der Waals surface area contributed by atoms with Crippen molar-refractivity contribution in [2.75, 3.05) is 0 Å². The first kappa shape index (κ1) is 12.8. The molecule has 3 rings (SSSR count). The van der Waals surface area contributed by atoms with Gasteiger partial charge in [0.15, 0.2) is 5.82 Å². The van der Waals surface area contributed by atoms with Gasteiger partial charge in [-0.15, -0.1) is 11.3 Å². The van der Waals surface area contributed by atoms with Gasteiger partial charge in [0.2, 0.25) is 0 Å². The molecular weight excluding hydrogens is 348 g/mol. The van der Waals surface area contributed by atoms with E-state index < -0.39 is 0 Å². The van der Waals surface area contributed by atoms with Crippen molar-refractivity contribution < 1.29 is 0 Å². The molecule has 96 valence electrons. The summed E-state index contributed by atoms with van der Waals surface area (Å²) in [6.07, 6.45) is 3.65. The van der Waals surface area contributed by atoms with E-state index in [0.29, 0.717) is 11.0 Å². The number of halogens is 2. The van der Waals surface area contributed by atoms with E-state index in [1.54, 1.807) is 28.3 Å². The van der Waals surface area contributed by atoms with Crippen LogP contribution in [0.3, 0.4) is 0 Å². The van der Waals surface area contributed by atoms with Crippen LogP contribution in [-0.4, -0.2) is 19.7 Å². The Bertz CT molecular complexity index is 678. The fraction of sp³-hybridized carbons (Fsp3) is 0.0833. The summed E-state index contributed by atoms with van der Waals surface area (Å²) in [5.41, 5.74) is 1.69. The monoisotopic (exact) mass is 354 g/mol. The van der Waals surface area contributed by atoms with E-state index in [1.165, 1.54) is 0 Å². The van der Waals surface area contributed by atoms with E-state index in [0.717, 1.165) is 19.9 Å². The van der Waals surface area contributed by atoms with Gasteiger partial charge in [0.05, 0.1) is 20.6 Å². The number of thiophene rings is 1. The van der Waals surface area contributed by atoms with Crippen LogP contribution >= 0.6 is 38.9 Å². The maximum atomic E-state index is 6.08. The fourth-order valence-corrected chi connectivity index (χ4v) is 3.17. The van der Waals surface area contributed by atoms with Crippen molar-refractivity contribution in [1.82, 2.24) is 19.7 Å². The van der Waals surface area contributed by atoms with Gasteiger partial charge in [-0.1, -0.05) is 11.6 Å². The van der Waals surface area contributed by atoms with Gasteiger partial charge in [0.25, 0.3) is 0 Å². The molecule has 0 aromatic carbocycles. The Balaban J connectivity index is 2.10. The summed E-state index contributed by atoms with van der Waals surface area (Å²) in [4.78, 5) is 9.78. The number of aromatic nitrogens is 4. The van der Waals surface area contributed by atoms with Gasteiger partial charge in [-0.05, 0) is 28.1 Å². The maximum absolute atomic E-state index is 6.08. The summed E-state index contributed by atoms with van der Waals surface area (Å²) in [7, 11) is 1.86. The van der Waals surface area contributed by atoms with Gasteiger partial charge in [0, 0.05) is 24.9 Å².